The van der Waals surface area contributed by atoms with Gasteiger partial charge in [-0.1, -0.05) is 84.9 Å². The maximum absolute atomic E-state index is 12.7. The molecule has 0 aliphatic carbocycles. The lowest BCUT2D eigenvalue weighted by molar-refractivity contribution is -0.120. The zero-order valence-corrected chi connectivity index (χ0v) is 20.8. The number of para-hydroxylation sites is 3. The Bertz CT molecular complexity index is 1430. The monoisotopic (exact) mass is 489 g/mol. The second-order valence-electron chi connectivity index (χ2n) is 9.05. The van der Waals surface area contributed by atoms with Crippen LogP contribution in [0.5, 0.6) is 5.75 Å². The summed E-state index contributed by atoms with van der Waals surface area (Å²) >= 11 is 0. The van der Waals surface area contributed by atoms with Crippen molar-refractivity contribution in [1.29, 1.82) is 0 Å². The van der Waals surface area contributed by atoms with E-state index in [9.17, 15) is 4.79 Å². The van der Waals surface area contributed by atoms with Crippen LogP contribution in [0.4, 0.5) is 0 Å². The minimum atomic E-state index is -0.0117. The molecule has 5 aromatic rings. The number of unbranched alkanes of at least 4 members (excludes halogenated alkanes) is 1. The van der Waals surface area contributed by atoms with E-state index in [4.69, 9.17) is 9.72 Å². The van der Waals surface area contributed by atoms with Crippen molar-refractivity contribution in [2.24, 2.45) is 0 Å². The number of nitrogens with one attached hydrogen (secondary N) is 1. The van der Waals surface area contributed by atoms with Crippen LogP contribution in [0.1, 0.15) is 24.2 Å². The molecule has 0 fully saturated rings. The molecule has 1 amide bonds. The molecule has 0 bridgehead atoms. The van der Waals surface area contributed by atoms with E-state index in [-0.39, 0.29) is 5.91 Å². The molecule has 0 radical (unpaired) electrons. The second kappa shape index (κ2) is 12.0. The predicted octanol–water partition coefficient (Wildman–Crippen LogP) is 6.42. The van der Waals surface area contributed by atoms with Crippen LogP contribution in [0.25, 0.3) is 22.2 Å². The summed E-state index contributed by atoms with van der Waals surface area (Å²) in [4.78, 5) is 17.5. The Morgan fingerprint density at radius 2 is 1.43 bits per heavy atom. The lowest BCUT2D eigenvalue weighted by atomic mass is 10.0. The Balaban J connectivity index is 1.16. The molecular weight excluding hydrogens is 458 g/mol. The molecule has 1 aromatic heterocycles. The van der Waals surface area contributed by atoms with E-state index in [2.05, 4.69) is 40.2 Å². The molecule has 5 heteroatoms. The highest BCUT2D eigenvalue weighted by molar-refractivity contribution is 5.79. The maximum atomic E-state index is 12.7. The predicted molar refractivity (Wildman–Crippen MR) is 148 cm³/mol. The topological polar surface area (TPSA) is 56.2 Å². The normalized spacial score (nSPS) is 10.9. The lowest BCUT2D eigenvalue weighted by Crippen LogP contribution is -2.26. The van der Waals surface area contributed by atoms with Crippen LogP contribution < -0.4 is 10.1 Å². The van der Waals surface area contributed by atoms with Gasteiger partial charge in [0.1, 0.15) is 11.6 Å². The Morgan fingerprint density at radius 1 is 0.757 bits per heavy atom. The van der Waals surface area contributed by atoms with Gasteiger partial charge in [0, 0.05) is 6.54 Å². The number of aryl methyl sites for hydroxylation is 1. The van der Waals surface area contributed by atoms with Crippen molar-refractivity contribution in [2.45, 2.75) is 32.4 Å². The van der Waals surface area contributed by atoms with Gasteiger partial charge in [-0.15, -0.1) is 0 Å². The van der Waals surface area contributed by atoms with E-state index < -0.39 is 0 Å². The minimum absolute atomic E-state index is 0.0117. The molecule has 4 aromatic carbocycles. The lowest BCUT2D eigenvalue weighted by Gasteiger charge is -2.11. The van der Waals surface area contributed by atoms with Gasteiger partial charge in [-0.25, -0.2) is 4.98 Å². The molecule has 0 aliphatic heterocycles. The summed E-state index contributed by atoms with van der Waals surface area (Å²) in [5.74, 6) is 1.76. The highest BCUT2D eigenvalue weighted by atomic mass is 16.5. The van der Waals surface area contributed by atoms with Gasteiger partial charge in [-0.05, 0) is 53.8 Å². The zero-order valence-electron chi connectivity index (χ0n) is 20.8. The number of carbonyl (C=O) groups is 1. The van der Waals surface area contributed by atoms with Crippen molar-refractivity contribution < 1.29 is 9.53 Å². The molecule has 0 unspecified atom stereocenters. The summed E-state index contributed by atoms with van der Waals surface area (Å²) < 4.78 is 8.04. The van der Waals surface area contributed by atoms with Gasteiger partial charge in [0.05, 0.1) is 30.6 Å². The van der Waals surface area contributed by atoms with E-state index in [0.717, 1.165) is 53.1 Å². The van der Waals surface area contributed by atoms with Crippen LogP contribution in [-0.4, -0.2) is 22.1 Å². The minimum Gasteiger partial charge on any atom is -0.494 e. The summed E-state index contributed by atoms with van der Waals surface area (Å²) in [6, 6.07) is 36.4. The van der Waals surface area contributed by atoms with Crippen molar-refractivity contribution in [1.82, 2.24) is 14.9 Å². The summed E-state index contributed by atoms with van der Waals surface area (Å²) in [5, 5.41) is 3.07. The first-order chi connectivity index (χ1) is 18.3. The molecule has 1 heterocycles. The van der Waals surface area contributed by atoms with Gasteiger partial charge in [-0.3, -0.25) is 4.79 Å². The first-order valence-electron chi connectivity index (χ1n) is 12.8. The third-order valence-electron chi connectivity index (χ3n) is 6.39. The maximum Gasteiger partial charge on any atom is 0.224 e. The molecule has 186 valence electrons. The van der Waals surface area contributed by atoms with E-state index >= 15 is 0 Å². The quantitative estimate of drug-likeness (QED) is 0.218. The Labute approximate surface area is 217 Å². The third kappa shape index (κ3) is 6.44. The first kappa shape index (κ1) is 24.3. The Hall–Kier alpha value is -4.38. The summed E-state index contributed by atoms with van der Waals surface area (Å²) in [6.07, 6.45) is 2.24. The average molecular weight is 490 g/mol. The highest BCUT2D eigenvalue weighted by Gasteiger charge is 2.12. The molecule has 0 aliphatic rings. The number of hydrogen-bond acceptors (Lipinski definition) is 3. The number of fused-ring (bicyclic) bond motifs is 1. The van der Waals surface area contributed by atoms with Crippen LogP contribution in [0.2, 0.25) is 0 Å². The zero-order chi connectivity index (χ0) is 25.3. The number of aromatic nitrogens is 2. The fourth-order valence-corrected chi connectivity index (χ4v) is 4.46. The van der Waals surface area contributed by atoms with Crippen molar-refractivity contribution in [3.8, 4) is 16.9 Å². The van der Waals surface area contributed by atoms with Crippen LogP contribution in [0.15, 0.2) is 109 Å². The van der Waals surface area contributed by atoms with Crippen molar-refractivity contribution in [2.75, 3.05) is 6.61 Å². The van der Waals surface area contributed by atoms with Gasteiger partial charge in [0.25, 0.3) is 0 Å². The second-order valence-corrected chi connectivity index (χ2v) is 9.05. The number of nitrogens with zero attached hydrogens (tertiary/aromatic N) is 2. The number of imidazole rings is 1. The van der Waals surface area contributed by atoms with Crippen LogP contribution in [0, 0.1) is 0 Å². The largest absolute Gasteiger partial charge is 0.494 e. The fourth-order valence-electron chi connectivity index (χ4n) is 4.46. The molecule has 37 heavy (non-hydrogen) atoms. The standard InChI is InChI=1S/C32H31N3O2/c36-32(23-25-17-19-27(20-18-25)26-11-3-1-4-12-26)33-24-31-34-29-15-7-8-16-30(29)35(31)21-9-10-22-37-28-13-5-2-6-14-28/h1-8,11-20H,9-10,21-24H2,(H,33,36). The fraction of sp³-hybridized carbons (Fsp3) is 0.188. The van der Waals surface area contributed by atoms with Gasteiger partial charge in [-0.2, -0.15) is 0 Å². The Kier molecular flexibility index (Phi) is 7.91. The molecular formula is C32H31N3O2. The average Bonchev–Trinajstić information content (AvgIpc) is 3.30. The Morgan fingerprint density at radius 3 is 2.22 bits per heavy atom. The van der Waals surface area contributed by atoms with Gasteiger partial charge in [0.15, 0.2) is 0 Å². The van der Waals surface area contributed by atoms with Crippen LogP contribution in [0.3, 0.4) is 0 Å². The summed E-state index contributed by atoms with van der Waals surface area (Å²) in [7, 11) is 0. The third-order valence-corrected chi connectivity index (χ3v) is 6.39. The number of carbonyl (C=O) groups excluding carboxylic acids is 1. The molecule has 0 saturated carbocycles. The number of amides is 1. The van der Waals surface area contributed by atoms with E-state index in [0.29, 0.717) is 19.6 Å². The van der Waals surface area contributed by atoms with Crippen molar-refractivity contribution in [3.63, 3.8) is 0 Å². The van der Waals surface area contributed by atoms with Crippen LogP contribution >= 0.6 is 0 Å². The smallest absolute Gasteiger partial charge is 0.224 e. The van der Waals surface area contributed by atoms with Crippen LogP contribution in [-0.2, 0) is 24.3 Å². The van der Waals surface area contributed by atoms with E-state index in [1.165, 1.54) is 5.56 Å². The number of rotatable bonds is 11. The van der Waals surface area contributed by atoms with Gasteiger partial charge in [0.2, 0.25) is 5.91 Å². The van der Waals surface area contributed by atoms with E-state index in [1.807, 2.05) is 78.9 Å². The molecule has 5 rings (SSSR count). The molecule has 1 N–H and O–H groups in total. The van der Waals surface area contributed by atoms with Crippen molar-refractivity contribution >= 4 is 16.9 Å². The van der Waals surface area contributed by atoms with Gasteiger partial charge < -0.3 is 14.6 Å². The number of benzene rings is 4. The molecule has 0 spiro atoms. The highest BCUT2D eigenvalue weighted by Crippen LogP contribution is 2.20. The van der Waals surface area contributed by atoms with Gasteiger partial charge >= 0.3 is 0 Å². The van der Waals surface area contributed by atoms with Crippen molar-refractivity contribution in [3.05, 3.63) is 121 Å². The first-order valence-corrected chi connectivity index (χ1v) is 12.8. The number of ether oxygens (including phenoxy) is 1. The summed E-state index contributed by atoms with van der Waals surface area (Å²) in [5.41, 5.74) is 5.34. The molecule has 0 saturated heterocycles. The number of hydrogen-bond donors (Lipinski definition) is 1. The molecule has 5 nitrogen and oxygen atoms in total. The van der Waals surface area contributed by atoms with E-state index in [1.54, 1.807) is 0 Å². The SMILES string of the molecule is O=C(Cc1ccc(-c2ccccc2)cc1)NCc1nc2ccccc2n1CCCCOc1ccccc1. The summed E-state index contributed by atoms with van der Waals surface area (Å²) in [6.45, 7) is 1.90. The molecule has 0 atom stereocenters.